The second kappa shape index (κ2) is 7.26. The summed E-state index contributed by atoms with van der Waals surface area (Å²) in [6.07, 6.45) is 4.50. The fourth-order valence-electron chi connectivity index (χ4n) is 4.36. The van der Waals surface area contributed by atoms with Gasteiger partial charge in [0.15, 0.2) is 0 Å². The van der Waals surface area contributed by atoms with Crippen molar-refractivity contribution >= 4 is 34.2 Å². The number of fused-ring (bicyclic) bond motifs is 1. The lowest BCUT2D eigenvalue weighted by atomic mass is 9.90. The molecule has 0 bridgehead atoms. The predicted molar refractivity (Wildman–Crippen MR) is 113 cm³/mol. The molecule has 1 amide bonds. The summed E-state index contributed by atoms with van der Waals surface area (Å²) in [7, 11) is 0. The van der Waals surface area contributed by atoms with Crippen LogP contribution in [0.15, 0.2) is 42.7 Å². The normalized spacial score (nSPS) is 19.6. The standard InChI is InChI=1S/C22H22ClN5O/c1-14(29)27-9-6-16(11-27)21-22(25-8-7-24-21)17-12-28(13-17)20-5-2-15-10-18(23)3-4-19(15)26-20/h2-5,7-8,10,16-17H,6,9,11-13H2,1H3. The summed E-state index contributed by atoms with van der Waals surface area (Å²) < 4.78 is 0. The van der Waals surface area contributed by atoms with Crippen molar-refractivity contribution in [2.45, 2.75) is 25.2 Å². The minimum Gasteiger partial charge on any atom is -0.355 e. The molecule has 7 heteroatoms. The number of benzene rings is 1. The smallest absolute Gasteiger partial charge is 0.219 e. The zero-order valence-corrected chi connectivity index (χ0v) is 17.0. The number of rotatable bonds is 3. The number of amides is 1. The van der Waals surface area contributed by atoms with Crippen LogP contribution >= 0.6 is 11.6 Å². The molecule has 1 aromatic carbocycles. The molecule has 0 saturated carbocycles. The Bertz CT molecular complexity index is 1080. The molecule has 0 aliphatic carbocycles. The average Bonchev–Trinajstić information content (AvgIpc) is 3.18. The summed E-state index contributed by atoms with van der Waals surface area (Å²) in [4.78, 5) is 30.0. The predicted octanol–water partition coefficient (Wildman–Crippen LogP) is 3.62. The SMILES string of the molecule is CC(=O)N1CCC(c2nccnc2C2CN(c3ccc4cc(Cl)ccc4n3)C2)C1. The third kappa shape index (κ3) is 3.42. The zero-order chi connectivity index (χ0) is 20.0. The minimum absolute atomic E-state index is 0.136. The number of pyridine rings is 1. The Hall–Kier alpha value is -2.73. The maximum Gasteiger partial charge on any atom is 0.219 e. The van der Waals surface area contributed by atoms with Gasteiger partial charge in [-0.15, -0.1) is 0 Å². The summed E-state index contributed by atoms with van der Waals surface area (Å²) in [5.74, 6) is 1.73. The molecule has 1 unspecified atom stereocenters. The van der Waals surface area contributed by atoms with Gasteiger partial charge in [0.2, 0.25) is 5.91 Å². The molecule has 2 aliphatic heterocycles. The summed E-state index contributed by atoms with van der Waals surface area (Å²) in [6, 6.07) is 9.88. The number of carbonyl (C=O) groups excluding carboxylic acids is 1. The highest BCUT2D eigenvalue weighted by atomic mass is 35.5. The van der Waals surface area contributed by atoms with Gasteiger partial charge >= 0.3 is 0 Å². The highest BCUT2D eigenvalue weighted by molar-refractivity contribution is 6.31. The molecule has 4 heterocycles. The Balaban J connectivity index is 1.32. The molecule has 2 fully saturated rings. The lowest BCUT2D eigenvalue weighted by molar-refractivity contribution is -0.127. The van der Waals surface area contributed by atoms with Crippen molar-refractivity contribution in [3.05, 3.63) is 59.1 Å². The van der Waals surface area contributed by atoms with Crippen LogP contribution in [0.5, 0.6) is 0 Å². The molecule has 5 rings (SSSR count). The van der Waals surface area contributed by atoms with Crippen LogP contribution < -0.4 is 4.90 Å². The van der Waals surface area contributed by atoms with Crippen molar-refractivity contribution in [2.24, 2.45) is 0 Å². The molecule has 6 nitrogen and oxygen atoms in total. The van der Waals surface area contributed by atoms with E-state index >= 15 is 0 Å². The van der Waals surface area contributed by atoms with Crippen molar-refractivity contribution in [1.82, 2.24) is 19.9 Å². The lowest BCUT2D eigenvalue weighted by Crippen LogP contribution is -2.46. The summed E-state index contributed by atoms with van der Waals surface area (Å²) in [5.41, 5.74) is 3.08. The van der Waals surface area contributed by atoms with E-state index in [4.69, 9.17) is 16.6 Å². The fraction of sp³-hybridized carbons (Fsp3) is 0.364. The second-order valence-electron chi connectivity index (χ2n) is 7.89. The van der Waals surface area contributed by atoms with Gasteiger partial charge in [-0.2, -0.15) is 0 Å². The fourth-order valence-corrected chi connectivity index (χ4v) is 4.54. The van der Waals surface area contributed by atoms with Gasteiger partial charge in [0, 0.05) is 67.7 Å². The highest BCUT2D eigenvalue weighted by Gasteiger charge is 2.36. The van der Waals surface area contributed by atoms with Gasteiger partial charge in [-0.25, -0.2) is 4.98 Å². The molecule has 2 saturated heterocycles. The maximum absolute atomic E-state index is 11.7. The number of hydrogen-bond donors (Lipinski definition) is 0. The molecular formula is C22H22ClN5O. The molecule has 2 aliphatic rings. The second-order valence-corrected chi connectivity index (χ2v) is 8.32. The van der Waals surface area contributed by atoms with E-state index in [2.05, 4.69) is 20.9 Å². The molecule has 0 radical (unpaired) electrons. The molecule has 148 valence electrons. The van der Waals surface area contributed by atoms with Gasteiger partial charge < -0.3 is 9.80 Å². The zero-order valence-electron chi connectivity index (χ0n) is 16.3. The van der Waals surface area contributed by atoms with E-state index in [9.17, 15) is 4.79 Å². The number of likely N-dealkylation sites (tertiary alicyclic amines) is 1. The molecule has 0 spiro atoms. The van der Waals surface area contributed by atoms with Crippen LogP contribution in [0.25, 0.3) is 10.9 Å². The number of carbonyl (C=O) groups is 1. The van der Waals surface area contributed by atoms with Crippen LogP contribution in [0.3, 0.4) is 0 Å². The largest absolute Gasteiger partial charge is 0.355 e. The van der Waals surface area contributed by atoms with E-state index < -0.39 is 0 Å². The molecule has 2 aromatic heterocycles. The van der Waals surface area contributed by atoms with Crippen LogP contribution in [-0.4, -0.2) is 51.9 Å². The molecular weight excluding hydrogens is 386 g/mol. The Morgan fingerprint density at radius 3 is 2.52 bits per heavy atom. The first-order valence-corrected chi connectivity index (χ1v) is 10.3. The van der Waals surface area contributed by atoms with E-state index in [1.807, 2.05) is 29.2 Å². The first kappa shape index (κ1) is 18.3. The lowest BCUT2D eigenvalue weighted by Gasteiger charge is -2.40. The van der Waals surface area contributed by atoms with Crippen LogP contribution in [0.4, 0.5) is 5.82 Å². The van der Waals surface area contributed by atoms with Gasteiger partial charge in [0.05, 0.1) is 16.9 Å². The minimum atomic E-state index is 0.136. The van der Waals surface area contributed by atoms with Gasteiger partial charge in [-0.05, 0) is 36.8 Å². The van der Waals surface area contributed by atoms with Crippen molar-refractivity contribution in [2.75, 3.05) is 31.1 Å². The first-order chi connectivity index (χ1) is 14.1. The third-order valence-corrected chi connectivity index (χ3v) is 6.24. The molecule has 29 heavy (non-hydrogen) atoms. The quantitative estimate of drug-likeness (QED) is 0.663. The number of halogens is 1. The number of anilines is 1. The average molecular weight is 408 g/mol. The summed E-state index contributed by atoms with van der Waals surface area (Å²) in [5, 5.41) is 1.77. The van der Waals surface area contributed by atoms with Crippen LogP contribution in [-0.2, 0) is 4.79 Å². The van der Waals surface area contributed by atoms with E-state index in [0.29, 0.717) is 5.92 Å². The monoisotopic (exact) mass is 407 g/mol. The van der Waals surface area contributed by atoms with E-state index in [1.165, 1.54) is 0 Å². The number of aromatic nitrogens is 3. The van der Waals surface area contributed by atoms with Crippen LogP contribution in [0.1, 0.15) is 36.6 Å². The van der Waals surface area contributed by atoms with Gasteiger partial charge in [-0.3, -0.25) is 14.8 Å². The van der Waals surface area contributed by atoms with E-state index in [-0.39, 0.29) is 11.8 Å². The van der Waals surface area contributed by atoms with Crippen molar-refractivity contribution < 1.29 is 4.79 Å². The van der Waals surface area contributed by atoms with Crippen LogP contribution in [0.2, 0.25) is 5.02 Å². The van der Waals surface area contributed by atoms with E-state index in [1.54, 1.807) is 19.3 Å². The topological polar surface area (TPSA) is 62.2 Å². The number of nitrogens with zero attached hydrogens (tertiary/aromatic N) is 5. The van der Waals surface area contributed by atoms with E-state index in [0.717, 1.165) is 65.7 Å². The Labute approximate surface area is 174 Å². The van der Waals surface area contributed by atoms with Gasteiger partial charge in [-0.1, -0.05) is 11.6 Å². The Kier molecular flexibility index (Phi) is 4.59. The molecule has 1 atom stereocenters. The molecule has 0 N–H and O–H groups in total. The summed E-state index contributed by atoms with van der Waals surface area (Å²) >= 11 is 6.07. The highest BCUT2D eigenvalue weighted by Crippen LogP contribution is 2.36. The summed E-state index contributed by atoms with van der Waals surface area (Å²) in [6.45, 7) is 4.93. The Morgan fingerprint density at radius 1 is 1.03 bits per heavy atom. The molecule has 3 aromatic rings. The third-order valence-electron chi connectivity index (χ3n) is 6.01. The van der Waals surface area contributed by atoms with Crippen molar-refractivity contribution in [1.29, 1.82) is 0 Å². The van der Waals surface area contributed by atoms with Gasteiger partial charge in [0.25, 0.3) is 0 Å². The van der Waals surface area contributed by atoms with Crippen molar-refractivity contribution in [3.63, 3.8) is 0 Å². The Morgan fingerprint density at radius 2 is 1.79 bits per heavy atom. The maximum atomic E-state index is 11.7. The number of hydrogen-bond acceptors (Lipinski definition) is 5. The van der Waals surface area contributed by atoms with Gasteiger partial charge in [0.1, 0.15) is 5.82 Å². The first-order valence-electron chi connectivity index (χ1n) is 9.96. The van der Waals surface area contributed by atoms with Crippen LogP contribution in [0, 0.1) is 0 Å². The van der Waals surface area contributed by atoms with Crippen molar-refractivity contribution in [3.8, 4) is 0 Å².